The second kappa shape index (κ2) is 5.83. The fraction of sp³-hybridized carbons (Fsp3) is 1.00. The molecule has 1 nitrogen and oxygen atoms in total. The standard InChI is InChI=1S/C14H29FOSi/c1-10(2)17(11(3)4,12(5)6)9-14-13(15)7-8-16-14/h10-14H,7-9H2,1-6H3/t13-,14+/m1/s1. The van der Waals surface area contributed by atoms with Gasteiger partial charge in [0.25, 0.3) is 0 Å². The summed E-state index contributed by atoms with van der Waals surface area (Å²) in [5.74, 6) is 0. The van der Waals surface area contributed by atoms with E-state index in [1.54, 1.807) is 0 Å². The summed E-state index contributed by atoms with van der Waals surface area (Å²) in [6.45, 7) is 14.6. The van der Waals surface area contributed by atoms with E-state index in [0.717, 1.165) is 6.04 Å². The Labute approximate surface area is 107 Å². The van der Waals surface area contributed by atoms with Gasteiger partial charge in [-0.25, -0.2) is 4.39 Å². The molecule has 0 aliphatic carbocycles. The SMILES string of the molecule is CC(C)[Si](C[C@@H]1OCC[C@H]1F)(C(C)C)C(C)C. The first kappa shape index (κ1) is 15.2. The lowest BCUT2D eigenvalue weighted by molar-refractivity contribution is 0.0904. The van der Waals surface area contributed by atoms with Crippen molar-refractivity contribution < 1.29 is 9.13 Å². The van der Waals surface area contributed by atoms with Gasteiger partial charge in [-0.2, -0.15) is 0 Å². The summed E-state index contributed by atoms with van der Waals surface area (Å²) in [5, 5.41) is 0. The Morgan fingerprint density at radius 2 is 1.53 bits per heavy atom. The fourth-order valence-electron chi connectivity index (χ4n) is 3.86. The molecule has 1 heterocycles. The Kier molecular flexibility index (Phi) is 5.20. The van der Waals surface area contributed by atoms with Gasteiger partial charge in [-0.05, 0) is 6.04 Å². The highest BCUT2D eigenvalue weighted by Gasteiger charge is 2.46. The van der Waals surface area contributed by atoms with Crippen LogP contribution in [-0.4, -0.2) is 27.0 Å². The van der Waals surface area contributed by atoms with Gasteiger partial charge >= 0.3 is 0 Å². The molecule has 102 valence electrons. The molecular weight excluding hydrogens is 231 g/mol. The predicted molar refractivity (Wildman–Crippen MR) is 75.1 cm³/mol. The van der Waals surface area contributed by atoms with Crippen LogP contribution in [0, 0.1) is 0 Å². The molecule has 0 unspecified atom stereocenters. The van der Waals surface area contributed by atoms with E-state index < -0.39 is 14.2 Å². The molecule has 17 heavy (non-hydrogen) atoms. The van der Waals surface area contributed by atoms with E-state index in [0.29, 0.717) is 29.7 Å². The molecule has 3 heteroatoms. The van der Waals surface area contributed by atoms with Crippen LogP contribution < -0.4 is 0 Å². The molecule has 0 aromatic rings. The number of ether oxygens (including phenoxy) is 1. The number of rotatable bonds is 5. The molecule has 0 amide bonds. The van der Waals surface area contributed by atoms with Crippen molar-refractivity contribution in [2.24, 2.45) is 0 Å². The van der Waals surface area contributed by atoms with Crippen LogP contribution in [0.1, 0.15) is 48.0 Å². The number of halogens is 1. The van der Waals surface area contributed by atoms with Gasteiger partial charge in [-0.1, -0.05) is 58.2 Å². The second-order valence-corrected chi connectivity index (χ2v) is 12.6. The lowest BCUT2D eigenvalue weighted by Crippen LogP contribution is -2.48. The third-order valence-corrected chi connectivity index (χ3v) is 12.5. The van der Waals surface area contributed by atoms with Crippen molar-refractivity contribution in [3.05, 3.63) is 0 Å². The molecular formula is C14H29FOSi. The maximum atomic E-state index is 13.8. The van der Waals surface area contributed by atoms with Crippen molar-refractivity contribution in [2.45, 2.75) is 82.9 Å². The highest BCUT2D eigenvalue weighted by molar-refractivity contribution is 6.83. The Balaban J connectivity index is 2.89. The van der Waals surface area contributed by atoms with E-state index in [-0.39, 0.29) is 6.10 Å². The van der Waals surface area contributed by atoms with Gasteiger partial charge < -0.3 is 4.74 Å². The van der Waals surface area contributed by atoms with Crippen LogP contribution in [0.5, 0.6) is 0 Å². The van der Waals surface area contributed by atoms with E-state index in [2.05, 4.69) is 41.5 Å². The largest absolute Gasteiger partial charge is 0.375 e. The first-order valence-corrected chi connectivity index (χ1v) is 9.52. The van der Waals surface area contributed by atoms with Gasteiger partial charge in [0.15, 0.2) is 0 Å². The molecule has 0 aromatic carbocycles. The maximum absolute atomic E-state index is 13.8. The summed E-state index contributed by atoms with van der Waals surface area (Å²) in [4.78, 5) is 0. The molecule has 0 spiro atoms. The molecule has 1 rings (SSSR count). The van der Waals surface area contributed by atoms with Gasteiger partial charge in [0.05, 0.1) is 14.2 Å². The average molecular weight is 260 g/mol. The van der Waals surface area contributed by atoms with Crippen LogP contribution in [0.2, 0.25) is 22.7 Å². The third-order valence-electron chi connectivity index (χ3n) is 4.91. The molecule has 1 aliphatic heterocycles. The van der Waals surface area contributed by atoms with Crippen molar-refractivity contribution in [3.8, 4) is 0 Å². The monoisotopic (exact) mass is 260 g/mol. The summed E-state index contributed by atoms with van der Waals surface area (Å²) in [7, 11) is -1.50. The van der Waals surface area contributed by atoms with E-state index >= 15 is 0 Å². The molecule has 0 radical (unpaired) electrons. The van der Waals surface area contributed by atoms with Crippen LogP contribution in [0.25, 0.3) is 0 Å². The van der Waals surface area contributed by atoms with Gasteiger partial charge in [0.2, 0.25) is 0 Å². The highest BCUT2D eigenvalue weighted by Crippen LogP contribution is 2.46. The molecule has 0 bridgehead atoms. The smallest absolute Gasteiger partial charge is 0.128 e. The van der Waals surface area contributed by atoms with Crippen molar-refractivity contribution in [1.82, 2.24) is 0 Å². The lowest BCUT2D eigenvalue weighted by Gasteiger charge is -2.44. The highest BCUT2D eigenvalue weighted by atomic mass is 28.3. The van der Waals surface area contributed by atoms with Crippen molar-refractivity contribution >= 4 is 8.07 Å². The Morgan fingerprint density at radius 1 is 1.06 bits per heavy atom. The number of hydrogen-bond acceptors (Lipinski definition) is 1. The van der Waals surface area contributed by atoms with Gasteiger partial charge in [-0.3, -0.25) is 0 Å². The van der Waals surface area contributed by atoms with Crippen LogP contribution in [0.3, 0.4) is 0 Å². The van der Waals surface area contributed by atoms with Crippen LogP contribution in [0.4, 0.5) is 4.39 Å². The minimum absolute atomic E-state index is 0.117. The second-order valence-electron chi connectivity index (χ2n) is 6.49. The van der Waals surface area contributed by atoms with Gasteiger partial charge in [0.1, 0.15) is 6.17 Å². The van der Waals surface area contributed by atoms with Crippen LogP contribution >= 0.6 is 0 Å². The summed E-state index contributed by atoms with van der Waals surface area (Å²) >= 11 is 0. The van der Waals surface area contributed by atoms with E-state index in [1.165, 1.54) is 0 Å². The number of hydrogen-bond donors (Lipinski definition) is 0. The molecule has 0 aromatic heterocycles. The zero-order valence-electron chi connectivity index (χ0n) is 12.3. The summed E-state index contributed by atoms with van der Waals surface area (Å²) in [6, 6.07) is 1.00. The van der Waals surface area contributed by atoms with Crippen molar-refractivity contribution in [1.29, 1.82) is 0 Å². The molecule has 2 atom stereocenters. The first-order valence-electron chi connectivity index (χ1n) is 7.08. The first-order chi connectivity index (χ1) is 7.82. The Morgan fingerprint density at radius 3 is 1.82 bits per heavy atom. The maximum Gasteiger partial charge on any atom is 0.128 e. The minimum atomic E-state index is -1.50. The van der Waals surface area contributed by atoms with Crippen molar-refractivity contribution in [3.63, 3.8) is 0 Å². The normalized spacial score (nSPS) is 26.5. The van der Waals surface area contributed by atoms with Crippen LogP contribution in [-0.2, 0) is 4.74 Å². The predicted octanol–water partition coefficient (Wildman–Crippen LogP) is 4.79. The van der Waals surface area contributed by atoms with E-state index in [9.17, 15) is 4.39 Å². The van der Waals surface area contributed by atoms with Gasteiger partial charge in [-0.15, -0.1) is 0 Å². The fourth-order valence-corrected chi connectivity index (χ4v) is 10.3. The quantitative estimate of drug-likeness (QED) is 0.646. The molecule has 1 fully saturated rings. The van der Waals surface area contributed by atoms with Crippen molar-refractivity contribution in [2.75, 3.05) is 6.61 Å². The average Bonchev–Trinajstić information content (AvgIpc) is 2.58. The Hall–Kier alpha value is 0.107. The zero-order valence-corrected chi connectivity index (χ0v) is 13.3. The molecule has 0 N–H and O–H groups in total. The number of alkyl halides is 1. The topological polar surface area (TPSA) is 9.23 Å². The molecule has 1 aliphatic rings. The summed E-state index contributed by atoms with van der Waals surface area (Å²) < 4.78 is 19.4. The Bertz CT molecular complexity index is 219. The summed E-state index contributed by atoms with van der Waals surface area (Å²) in [5.41, 5.74) is 2.08. The molecule has 0 saturated carbocycles. The van der Waals surface area contributed by atoms with E-state index in [1.807, 2.05) is 0 Å². The third kappa shape index (κ3) is 2.92. The zero-order chi connectivity index (χ0) is 13.2. The lowest BCUT2D eigenvalue weighted by atomic mass is 10.2. The van der Waals surface area contributed by atoms with Gasteiger partial charge in [0, 0.05) is 13.0 Å². The summed E-state index contributed by atoms with van der Waals surface area (Å²) in [6.07, 6.45) is -0.240. The van der Waals surface area contributed by atoms with E-state index in [4.69, 9.17) is 4.74 Å². The minimum Gasteiger partial charge on any atom is -0.375 e. The van der Waals surface area contributed by atoms with Crippen LogP contribution in [0.15, 0.2) is 0 Å². The molecule has 1 saturated heterocycles.